The van der Waals surface area contributed by atoms with Crippen molar-refractivity contribution in [3.05, 3.63) is 53.8 Å². The molecule has 1 saturated carbocycles. The molecule has 7 heteroatoms. The number of hydrogen-bond acceptors (Lipinski definition) is 3. The van der Waals surface area contributed by atoms with Gasteiger partial charge in [-0.05, 0) is 61.2 Å². The predicted molar refractivity (Wildman–Crippen MR) is 102 cm³/mol. The van der Waals surface area contributed by atoms with E-state index in [0.717, 1.165) is 18.4 Å². The van der Waals surface area contributed by atoms with Crippen LogP contribution in [0.3, 0.4) is 0 Å². The fourth-order valence-corrected chi connectivity index (χ4v) is 2.56. The minimum Gasteiger partial charge on any atom is -0.494 e. The Kier molecular flexibility index (Phi) is 5.90. The molecule has 0 unspecified atom stereocenters. The Bertz CT molecular complexity index is 820. The highest BCUT2D eigenvalue weighted by Crippen LogP contribution is 2.20. The van der Waals surface area contributed by atoms with Gasteiger partial charge in [-0.2, -0.15) is 0 Å². The number of nitrogens with one attached hydrogen (secondary N) is 3. The normalized spacial score (nSPS) is 13.0. The van der Waals surface area contributed by atoms with Crippen molar-refractivity contribution >= 4 is 23.3 Å². The zero-order valence-corrected chi connectivity index (χ0v) is 15.0. The van der Waals surface area contributed by atoms with Crippen molar-refractivity contribution in [2.75, 3.05) is 17.7 Å². The summed E-state index contributed by atoms with van der Waals surface area (Å²) in [4.78, 5) is 23.8. The van der Waals surface area contributed by atoms with Gasteiger partial charge in [-0.1, -0.05) is 6.07 Å². The zero-order valence-electron chi connectivity index (χ0n) is 15.0. The van der Waals surface area contributed by atoms with E-state index in [4.69, 9.17) is 4.74 Å². The number of anilines is 2. The number of methoxy groups -OCH3 is 1. The van der Waals surface area contributed by atoms with E-state index in [1.54, 1.807) is 36.4 Å². The minimum absolute atomic E-state index is 0.168. The van der Waals surface area contributed by atoms with Gasteiger partial charge >= 0.3 is 6.03 Å². The molecule has 0 saturated heterocycles. The molecule has 3 rings (SSSR count). The van der Waals surface area contributed by atoms with Gasteiger partial charge in [0.25, 0.3) is 0 Å². The van der Waals surface area contributed by atoms with Crippen molar-refractivity contribution in [1.29, 1.82) is 0 Å². The molecule has 3 N–H and O–H groups in total. The molecule has 1 fully saturated rings. The Morgan fingerprint density at radius 2 is 1.74 bits per heavy atom. The van der Waals surface area contributed by atoms with E-state index >= 15 is 0 Å². The summed E-state index contributed by atoms with van der Waals surface area (Å²) in [5.74, 6) is -0.426. The smallest absolute Gasteiger partial charge is 0.319 e. The first-order valence-electron chi connectivity index (χ1n) is 8.83. The second kappa shape index (κ2) is 8.53. The molecule has 142 valence electrons. The third-order valence-corrected chi connectivity index (χ3v) is 4.20. The lowest BCUT2D eigenvalue weighted by molar-refractivity contribution is -0.116. The Balaban J connectivity index is 1.45. The Hall–Kier alpha value is -3.09. The average Bonchev–Trinajstić information content (AvgIpc) is 3.45. The van der Waals surface area contributed by atoms with Crippen LogP contribution in [0.2, 0.25) is 0 Å². The number of aryl methyl sites for hydroxylation is 1. The lowest BCUT2D eigenvalue weighted by Gasteiger charge is -2.09. The molecule has 0 atom stereocenters. The number of urea groups is 1. The molecule has 1 aliphatic rings. The molecule has 2 aromatic carbocycles. The number of rotatable bonds is 7. The predicted octanol–water partition coefficient (Wildman–Crippen LogP) is 3.69. The first-order chi connectivity index (χ1) is 13.0. The van der Waals surface area contributed by atoms with Crippen LogP contribution < -0.4 is 20.7 Å². The SMILES string of the molecule is COc1ccc(CCC(=O)Nc2ccc(NC(=O)NC3CC3)cc2)cc1F. The molecule has 1 aliphatic carbocycles. The van der Waals surface area contributed by atoms with Crippen molar-refractivity contribution in [3.63, 3.8) is 0 Å². The summed E-state index contributed by atoms with van der Waals surface area (Å²) in [5.41, 5.74) is 2.01. The van der Waals surface area contributed by atoms with Crippen molar-refractivity contribution in [2.24, 2.45) is 0 Å². The van der Waals surface area contributed by atoms with Gasteiger partial charge in [0, 0.05) is 23.8 Å². The Morgan fingerprint density at radius 1 is 1.07 bits per heavy atom. The second-order valence-corrected chi connectivity index (χ2v) is 6.47. The number of carbonyl (C=O) groups excluding carboxylic acids is 2. The van der Waals surface area contributed by atoms with Crippen LogP contribution in [-0.2, 0) is 11.2 Å². The molecule has 3 amide bonds. The molecule has 0 heterocycles. The van der Waals surface area contributed by atoms with Gasteiger partial charge in [0.1, 0.15) is 0 Å². The van der Waals surface area contributed by atoms with E-state index in [-0.39, 0.29) is 24.1 Å². The van der Waals surface area contributed by atoms with E-state index in [9.17, 15) is 14.0 Å². The number of amides is 3. The Labute approximate surface area is 157 Å². The molecular formula is C20H22FN3O3. The molecule has 0 aliphatic heterocycles. The van der Waals surface area contributed by atoms with Gasteiger partial charge < -0.3 is 20.7 Å². The van der Waals surface area contributed by atoms with E-state index in [2.05, 4.69) is 16.0 Å². The van der Waals surface area contributed by atoms with Crippen molar-refractivity contribution in [3.8, 4) is 5.75 Å². The van der Waals surface area contributed by atoms with E-state index in [1.165, 1.54) is 13.2 Å². The molecule has 0 aromatic heterocycles. The van der Waals surface area contributed by atoms with E-state index in [0.29, 0.717) is 23.8 Å². The molecule has 0 spiro atoms. The van der Waals surface area contributed by atoms with Crippen LogP contribution in [0.15, 0.2) is 42.5 Å². The summed E-state index contributed by atoms with van der Waals surface area (Å²) in [5, 5.41) is 8.37. The van der Waals surface area contributed by atoms with Crippen LogP contribution in [0.25, 0.3) is 0 Å². The maximum Gasteiger partial charge on any atom is 0.319 e. The largest absolute Gasteiger partial charge is 0.494 e. The number of halogens is 1. The summed E-state index contributed by atoms with van der Waals surface area (Å²) >= 11 is 0. The summed E-state index contributed by atoms with van der Waals surface area (Å²) in [6, 6.07) is 11.6. The van der Waals surface area contributed by atoms with Gasteiger partial charge in [-0.15, -0.1) is 0 Å². The van der Waals surface area contributed by atoms with Crippen LogP contribution >= 0.6 is 0 Å². The summed E-state index contributed by atoms with van der Waals surface area (Å²) < 4.78 is 18.5. The summed E-state index contributed by atoms with van der Waals surface area (Å²) in [7, 11) is 1.41. The lowest BCUT2D eigenvalue weighted by atomic mass is 10.1. The second-order valence-electron chi connectivity index (χ2n) is 6.47. The monoisotopic (exact) mass is 371 g/mol. The van der Waals surface area contributed by atoms with Crippen molar-refractivity contribution < 1.29 is 18.7 Å². The third-order valence-electron chi connectivity index (χ3n) is 4.20. The topological polar surface area (TPSA) is 79.5 Å². The average molecular weight is 371 g/mol. The lowest BCUT2D eigenvalue weighted by Crippen LogP contribution is -2.30. The molecular weight excluding hydrogens is 349 g/mol. The van der Waals surface area contributed by atoms with Crippen molar-refractivity contribution in [2.45, 2.75) is 31.7 Å². The fraction of sp³-hybridized carbons (Fsp3) is 0.300. The van der Waals surface area contributed by atoms with Crippen LogP contribution in [0, 0.1) is 5.82 Å². The molecule has 0 bridgehead atoms. The van der Waals surface area contributed by atoms with Gasteiger partial charge in [0.05, 0.1) is 7.11 Å². The maximum absolute atomic E-state index is 13.7. The third kappa shape index (κ3) is 5.70. The Morgan fingerprint density at radius 3 is 2.33 bits per heavy atom. The standard InChI is InChI=1S/C20H22FN3O3/c1-27-18-10-2-13(12-17(18)21)3-11-19(25)22-14-4-6-15(7-5-14)23-20(26)24-16-8-9-16/h2,4-7,10,12,16H,3,8-9,11H2,1H3,(H,22,25)(H2,23,24,26). The zero-order chi connectivity index (χ0) is 19.2. The van der Waals surface area contributed by atoms with Gasteiger partial charge in [-0.25, -0.2) is 9.18 Å². The summed E-state index contributed by atoms with van der Waals surface area (Å²) in [6.07, 6.45) is 2.71. The highest BCUT2D eigenvalue weighted by Gasteiger charge is 2.23. The van der Waals surface area contributed by atoms with Crippen LogP contribution in [0.1, 0.15) is 24.8 Å². The number of hydrogen-bond donors (Lipinski definition) is 3. The van der Waals surface area contributed by atoms with Gasteiger partial charge in [0.2, 0.25) is 5.91 Å². The number of carbonyl (C=O) groups is 2. The highest BCUT2D eigenvalue weighted by molar-refractivity contribution is 5.92. The summed E-state index contributed by atoms with van der Waals surface area (Å²) in [6.45, 7) is 0. The highest BCUT2D eigenvalue weighted by atomic mass is 19.1. The quantitative estimate of drug-likeness (QED) is 0.694. The van der Waals surface area contributed by atoms with Crippen molar-refractivity contribution in [1.82, 2.24) is 5.32 Å². The molecule has 27 heavy (non-hydrogen) atoms. The maximum atomic E-state index is 13.7. The van der Waals surface area contributed by atoms with Gasteiger partial charge in [-0.3, -0.25) is 4.79 Å². The molecule has 2 aromatic rings. The van der Waals surface area contributed by atoms with E-state index < -0.39 is 5.82 Å². The minimum atomic E-state index is -0.441. The van der Waals surface area contributed by atoms with Crippen LogP contribution in [-0.4, -0.2) is 25.1 Å². The van der Waals surface area contributed by atoms with Crippen LogP contribution in [0.5, 0.6) is 5.75 Å². The van der Waals surface area contributed by atoms with Crippen LogP contribution in [0.4, 0.5) is 20.6 Å². The number of ether oxygens (including phenoxy) is 1. The number of benzene rings is 2. The molecule has 0 radical (unpaired) electrons. The fourth-order valence-electron chi connectivity index (χ4n) is 2.56. The van der Waals surface area contributed by atoms with Gasteiger partial charge in [0.15, 0.2) is 11.6 Å². The molecule has 6 nitrogen and oxygen atoms in total. The van der Waals surface area contributed by atoms with E-state index in [1.807, 2.05) is 0 Å². The first-order valence-corrected chi connectivity index (χ1v) is 8.83. The first kappa shape index (κ1) is 18.7.